The van der Waals surface area contributed by atoms with E-state index in [9.17, 15) is 9.50 Å². The minimum absolute atomic E-state index is 0.0782. The zero-order valence-corrected chi connectivity index (χ0v) is 21.8. The quantitative estimate of drug-likeness (QED) is 0.260. The van der Waals surface area contributed by atoms with Crippen LogP contribution < -0.4 is 18.8 Å². The number of halogens is 1. The number of hydrogen-bond donors (Lipinski definition) is 1. The summed E-state index contributed by atoms with van der Waals surface area (Å²) in [5.74, 6) is 1.67. The third-order valence-corrected chi connectivity index (χ3v) is 6.73. The molecule has 0 saturated carbocycles. The first kappa shape index (κ1) is 25.2. The van der Waals surface area contributed by atoms with E-state index in [1.54, 1.807) is 33.5 Å². The summed E-state index contributed by atoms with van der Waals surface area (Å²) in [5.41, 5.74) is 7.32. The second kappa shape index (κ2) is 10.5. The number of methoxy groups -OCH3 is 3. The monoisotopic (exact) mass is 510 g/mol. The van der Waals surface area contributed by atoms with Crippen LogP contribution in [0.5, 0.6) is 17.2 Å². The Kier molecular flexibility index (Phi) is 6.99. The van der Waals surface area contributed by atoms with E-state index < -0.39 is 0 Å². The molecule has 1 heterocycles. The summed E-state index contributed by atoms with van der Waals surface area (Å²) in [6, 6.07) is 24.5. The predicted molar refractivity (Wildman–Crippen MR) is 147 cm³/mol. The highest BCUT2D eigenvalue weighted by atomic mass is 19.1. The minimum atomic E-state index is -0.267. The molecule has 0 amide bonds. The molecule has 0 atom stereocenters. The SMILES string of the molecule is COc1cc(-c2cc3cc(CO)cc(OC)c3[n+](C)c2)cc(-c2cccc(-c3ccc(F)cc3)c2)c1OC. The van der Waals surface area contributed by atoms with Crippen molar-refractivity contribution in [2.45, 2.75) is 6.61 Å². The molecule has 5 nitrogen and oxygen atoms in total. The lowest BCUT2D eigenvalue weighted by Gasteiger charge is -2.16. The van der Waals surface area contributed by atoms with Crippen molar-refractivity contribution in [1.29, 1.82) is 0 Å². The van der Waals surface area contributed by atoms with E-state index >= 15 is 0 Å². The van der Waals surface area contributed by atoms with Crippen LogP contribution in [0.4, 0.5) is 4.39 Å². The molecule has 0 aliphatic heterocycles. The number of nitrogens with zero attached hydrogens (tertiary/aromatic N) is 1. The molecule has 5 rings (SSSR count). The molecule has 0 saturated heterocycles. The van der Waals surface area contributed by atoms with Gasteiger partial charge in [0.1, 0.15) is 12.9 Å². The van der Waals surface area contributed by atoms with Crippen LogP contribution >= 0.6 is 0 Å². The number of aryl methyl sites for hydroxylation is 1. The second-order valence-corrected chi connectivity index (χ2v) is 9.08. The van der Waals surface area contributed by atoms with E-state index in [0.29, 0.717) is 17.2 Å². The van der Waals surface area contributed by atoms with Crippen LogP contribution in [0.3, 0.4) is 0 Å². The van der Waals surface area contributed by atoms with Crippen molar-refractivity contribution >= 4 is 10.9 Å². The zero-order chi connectivity index (χ0) is 26.8. The van der Waals surface area contributed by atoms with E-state index in [4.69, 9.17) is 14.2 Å². The molecule has 0 radical (unpaired) electrons. The van der Waals surface area contributed by atoms with Crippen molar-refractivity contribution in [1.82, 2.24) is 0 Å². The van der Waals surface area contributed by atoms with Gasteiger partial charge in [0.15, 0.2) is 23.4 Å². The third kappa shape index (κ3) is 4.66. The first-order chi connectivity index (χ1) is 18.4. The molecule has 0 aliphatic carbocycles. The maximum Gasteiger partial charge on any atom is 0.254 e. The van der Waals surface area contributed by atoms with Gasteiger partial charge in [0, 0.05) is 11.1 Å². The van der Waals surface area contributed by atoms with Gasteiger partial charge in [-0.2, -0.15) is 4.57 Å². The smallest absolute Gasteiger partial charge is 0.254 e. The molecule has 38 heavy (non-hydrogen) atoms. The van der Waals surface area contributed by atoms with E-state index in [0.717, 1.165) is 49.8 Å². The maximum absolute atomic E-state index is 13.5. The summed E-state index contributed by atoms with van der Waals surface area (Å²) in [4.78, 5) is 0. The van der Waals surface area contributed by atoms with Gasteiger partial charge >= 0.3 is 0 Å². The number of aromatic nitrogens is 1. The van der Waals surface area contributed by atoms with Crippen LogP contribution in [0.1, 0.15) is 5.56 Å². The number of fused-ring (bicyclic) bond motifs is 1. The highest BCUT2D eigenvalue weighted by molar-refractivity contribution is 5.88. The van der Waals surface area contributed by atoms with Crippen LogP contribution in [-0.2, 0) is 13.7 Å². The van der Waals surface area contributed by atoms with Gasteiger partial charge in [0.05, 0.1) is 33.3 Å². The molecule has 1 aromatic heterocycles. The molecule has 0 unspecified atom stereocenters. The highest BCUT2D eigenvalue weighted by Gasteiger charge is 2.20. The standard InChI is InChI=1S/C32H29FNO4/c1-34-18-26(15-25-12-20(19-35)13-29(36-2)31(25)34)24-16-28(32(38-4)30(17-24)37-3)23-7-5-6-22(14-23)21-8-10-27(33)11-9-21/h5-18,35H,19H2,1-4H3/q+1. The second-order valence-electron chi connectivity index (χ2n) is 9.08. The van der Waals surface area contributed by atoms with E-state index in [1.165, 1.54) is 12.1 Å². The molecular formula is C32H29FNO4+. The first-order valence-electron chi connectivity index (χ1n) is 12.2. The number of benzene rings is 4. The van der Waals surface area contributed by atoms with Crippen LogP contribution in [-0.4, -0.2) is 26.4 Å². The predicted octanol–water partition coefficient (Wildman–Crippen LogP) is 6.32. The van der Waals surface area contributed by atoms with Gasteiger partial charge in [-0.1, -0.05) is 30.3 Å². The fraction of sp³-hybridized carbons (Fsp3) is 0.156. The average Bonchev–Trinajstić information content (AvgIpc) is 2.95. The van der Waals surface area contributed by atoms with Crippen molar-refractivity contribution < 1.29 is 28.3 Å². The number of hydrogen-bond acceptors (Lipinski definition) is 4. The van der Waals surface area contributed by atoms with Gasteiger partial charge < -0.3 is 19.3 Å². The van der Waals surface area contributed by atoms with E-state index in [1.807, 2.05) is 54.2 Å². The Labute approximate surface area is 221 Å². The molecule has 0 spiro atoms. The number of aliphatic hydroxyl groups is 1. The third-order valence-electron chi connectivity index (χ3n) is 6.73. The van der Waals surface area contributed by atoms with Crippen LogP contribution in [0.25, 0.3) is 44.3 Å². The van der Waals surface area contributed by atoms with Crippen LogP contribution in [0.15, 0.2) is 85.1 Å². The Hall–Kier alpha value is -4.42. The van der Waals surface area contributed by atoms with E-state index in [-0.39, 0.29) is 12.4 Å². The molecule has 4 aromatic carbocycles. The summed E-state index contributed by atoms with van der Waals surface area (Å²) < 4.78 is 32.7. The Morgan fingerprint density at radius 2 is 1.45 bits per heavy atom. The fourth-order valence-corrected chi connectivity index (χ4v) is 4.91. The molecule has 0 bridgehead atoms. The topological polar surface area (TPSA) is 51.8 Å². The summed E-state index contributed by atoms with van der Waals surface area (Å²) >= 11 is 0. The minimum Gasteiger partial charge on any atom is -0.493 e. The highest BCUT2D eigenvalue weighted by Crippen LogP contribution is 2.43. The largest absolute Gasteiger partial charge is 0.493 e. The summed E-state index contributed by atoms with van der Waals surface area (Å²) in [5, 5.41) is 10.7. The molecule has 0 aliphatic rings. The fourth-order valence-electron chi connectivity index (χ4n) is 4.91. The number of rotatable bonds is 7. The first-order valence-corrected chi connectivity index (χ1v) is 12.2. The Bertz CT molecular complexity index is 1630. The molecular weight excluding hydrogens is 481 g/mol. The molecule has 5 aromatic rings. The lowest BCUT2D eigenvalue weighted by atomic mass is 9.94. The Morgan fingerprint density at radius 1 is 0.711 bits per heavy atom. The van der Waals surface area contributed by atoms with Gasteiger partial charge in [-0.3, -0.25) is 0 Å². The molecule has 192 valence electrons. The summed E-state index contributed by atoms with van der Waals surface area (Å²) in [6.07, 6.45) is 2.05. The summed E-state index contributed by atoms with van der Waals surface area (Å²) in [6.45, 7) is -0.0782. The maximum atomic E-state index is 13.5. The average molecular weight is 511 g/mol. The van der Waals surface area contributed by atoms with Crippen LogP contribution in [0, 0.1) is 5.82 Å². The van der Waals surface area contributed by atoms with Crippen molar-refractivity contribution in [2.75, 3.05) is 21.3 Å². The number of pyridine rings is 1. The molecule has 0 fully saturated rings. The number of aliphatic hydroxyl groups excluding tert-OH is 1. The van der Waals surface area contributed by atoms with Gasteiger partial charge in [-0.05, 0) is 76.3 Å². The van der Waals surface area contributed by atoms with Gasteiger partial charge in [0.2, 0.25) is 0 Å². The Balaban J connectivity index is 1.70. The Morgan fingerprint density at radius 3 is 2.13 bits per heavy atom. The summed E-state index contributed by atoms with van der Waals surface area (Å²) in [7, 11) is 6.86. The van der Waals surface area contributed by atoms with Crippen molar-refractivity contribution in [3.05, 3.63) is 96.4 Å². The normalized spacial score (nSPS) is 11.0. The lowest BCUT2D eigenvalue weighted by Crippen LogP contribution is -2.29. The van der Waals surface area contributed by atoms with Gasteiger partial charge in [0.25, 0.3) is 5.52 Å². The van der Waals surface area contributed by atoms with Crippen molar-refractivity contribution in [3.8, 4) is 50.6 Å². The van der Waals surface area contributed by atoms with Crippen molar-refractivity contribution in [3.63, 3.8) is 0 Å². The zero-order valence-electron chi connectivity index (χ0n) is 21.8. The van der Waals surface area contributed by atoms with E-state index in [2.05, 4.69) is 18.2 Å². The molecule has 6 heteroatoms. The molecule has 1 N–H and O–H groups in total. The lowest BCUT2D eigenvalue weighted by molar-refractivity contribution is -0.644. The van der Waals surface area contributed by atoms with Crippen LogP contribution in [0.2, 0.25) is 0 Å². The van der Waals surface area contributed by atoms with Gasteiger partial charge in [-0.15, -0.1) is 0 Å². The van der Waals surface area contributed by atoms with Gasteiger partial charge in [-0.25, -0.2) is 4.39 Å². The number of ether oxygens (including phenoxy) is 3. The van der Waals surface area contributed by atoms with Crippen molar-refractivity contribution in [2.24, 2.45) is 7.05 Å².